The Balaban J connectivity index is 1.64. The zero-order valence-electron chi connectivity index (χ0n) is 15.4. The Morgan fingerprint density at radius 3 is 2.29 bits per heavy atom. The number of allylic oxidation sites excluding steroid dienone is 2. The smallest absolute Gasteiger partial charge is 0.0566 e. The fraction of sp³-hybridized carbons (Fsp3) is 0.154. The maximum atomic E-state index is 3.94. The largest absolute Gasteiger partial charge is 0.378 e. The van der Waals surface area contributed by atoms with E-state index in [0.717, 1.165) is 10.9 Å². The summed E-state index contributed by atoms with van der Waals surface area (Å²) < 4.78 is 1.15. The van der Waals surface area contributed by atoms with E-state index in [1.807, 2.05) is 0 Å². The summed E-state index contributed by atoms with van der Waals surface area (Å²) in [4.78, 5) is 0. The number of benzene rings is 4. The van der Waals surface area contributed by atoms with Crippen molar-refractivity contribution in [2.75, 3.05) is 5.32 Å². The summed E-state index contributed by atoms with van der Waals surface area (Å²) in [5.41, 5.74) is 4.12. The van der Waals surface area contributed by atoms with Gasteiger partial charge in [-0.25, -0.2) is 0 Å². The summed E-state index contributed by atoms with van der Waals surface area (Å²) in [5, 5.41) is 9.31. The van der Waals surface area contributed by atoms with Gasteiger partial charge in [0.15, 0.2) is 0 Å². The molecule has 0 bridgehead atoms. The molecule has 4 aromatic carbocycles. The van der Waals surface area contributed by atoms with E-state index in [-0.39, 0.29) is 0 Å². The van der Waals surface area contributed by atoms with Crippen molar-refractivity contribution in [3.8, 4) is 0 Å². The summed E-state index contributed by atoms with van der Waals surface area (Å²) in [5.74, 6) is 1.01. The fourth-order valence-electron chi connectivity index (χ4n) is 5.23. The van der Waals surface area contributed by atoms with E-state index in [9.17, 15) is 0 Å². The molecule has 0 saturated carbocycles. The van der Waals surface area contributed by atoms with Crippen LogP contribution in [0.4, 0.5) is 5.69 Å². The second kappa shape index (κ2) is 6.22. The molecule has 1 aliphatic heterocycles. The van der Waals surface area contributed by atoms with Crippen LogP contribution in [0.1, 0.15) is 29.5 Å². The number of hydrogen-bond donors (Lipinski definition) is 1. The first-order valence-corrected chi connectivity index (χ1v) is 10.7. The van der Waals surface area contributed by atoms with Crippen LogP contribution in [0.5, 0.6) is 0 Å². The molecule has 2 aliphatic rings. The second-order valence-corrected chi connectivity index (χ2v) is 8.86. The molecule has 0 fully saturated rings. The highest BCUT2D eigenvalue weighted by Crippen LogP contribution is 2.52. The molecular weight excluding hydrogens is 406 g/mol. The van der Waals surface area contributed by atoms with E-state index in [1.54, 1.807) is 0 Å². The number of hydrogen-bond acceptors (Lipinski definition) is 1. The lowest BCUT2D eigenvalue weighted by molar-refractivity contribution is 0.429. The molecule has 0 amide bonds. The van der Waals surface area contributed by atoms with E-state index >= 15 is 0 Å². The molecule has 136 valence electrons. The van der Waals surface area contributed by atoms with Crippen molar-refractivity contribution in [3.63, 3.8) is 0 Å². The topological polar surface area (TPSA) is 12.0 Å². The van der Waals surface area contributed by atoms with Crippen molar-refractivity contribution in [2.24, 2.45) is 5.92 Å². The zero-order valence-corrected chi connectivity index (χ0v) is 17.0. The van der Waals surface area contributed by atoms with Gasteiger partial charge in [-0.15, -0.1) is 0 Å². The lowest BCUT2D eigenvalue weighted by Gasteiger charge is -2.38. The summed E-state index contributed by atoms with van der Waals surface area (Å²) in [6.45, 7) is 0. The molecule has 0 aromatic heterocycles. The SMILES string of the molecule is Brc1ccc2c(c1)C1C=CCC1C(c1c3ccccc3cc3ccccc13)N2. The molecule has 3 atom stereocenters. The van der Waals surface area contributed by atoms with Crippen LogP contribution in [0.2, 0.25) is 0 Å². The first-order valence-electron chi connectivity index (χ1n) is 9.92. The van der Waals surface area contributed by atoms with Gasteiger partial charge in [0.25, 0.3) is 0 Å². The van der Waals surface area contributed by atoms with Crippen molar-refractivity contribution in [1.29, 1.82) is 0 Å². The molecule has 1 nitrogen and oxygen atoms in total. The second-order valence-electron chi connectivity index (χ2n) is 7.94. The predicted molar refractivity (Wildman–Crippen MR) is 122 cm³/mol. The zero-order chi connectivity index (χ0) is 18.7. The summed E-state index contributed by atoms with van der Waals surface area (Å²) in [6, 6.07) is 26.9. The molecule has 0 spiro atoms. The Kier molecular flexibility index (Phi) is 3.64. The predicted octanol–water partition coefficient (Wildman–Crippen LogP) is 7.58. The van der Waals surface area contributed by atoms with Gasteiger partial charge < -0.3 is 5.32 Å². The van der Waals surface area contributed by atoms with Crippen LogP contribution in [0.15, 0.2) is 89.4 Å². The number of fused-ring (bicyclic) bond motifs is 5. The highest BCUT2D eigenvalue weighted by molar-refractivity contribution is 9.10. The van der Waals surface area contributed by atoms with E-state index in [0.29, 0.717) is 17.9 Å². The van der Waals surface area contributed by atoms with E-state index < -0.39 is 0 Å². The molecule has 28 heavy (non-hydrogen) atoms. The van der Waals surface area contributed by atoms with Gasteiger partial charge in [-0.2, -0.15) is 0 Å². The van der Waals surface area contributed by atoms with Crippen LogP contribution >= 0.6 is 15.9 Å². The molecule has 0 radical (unpaired) electrons. The van der Waals surface area contributed by atoms with Crippen LogP contribution in [-0.2, 0) is 0 Å². The number of anilines is 1. The van der Waals surface area contributed by atoms with Crippen molar-refractivity contribution >= 4 is 43.2 Å². The van der Waals surface area contributed by atoms with Gasteiger partial charge in [-0.05, 0) is 69.3 Å². The molecule has 1 N–H and O–H groups in total. The Hall–Kier alpha value is -2.58. The molecule has 1 heterocycles. The van der Waals surface area contributed by atoms with Gasteiger partial charge in [-0.3, -0.25) is 0 Å². The molecule has 0 saturated heterocycles. The van der Waals surface area contributed by atoms with Gasteiger partial charge in [-0.1, -0.05) is 76.6 Å². The highest BCUT2D eigenvalue weighted by Gasteiger charge is 2.39. The lowest BCUT2D eigenvalue weighted by Crippen LogP contribution is -2.29. The quantitative estimate of drug-likeness (QED) is 0.244. The van der Waals surface area contributed by atoms with E-state index in [4.69, 9.17) is 0 Å². The standard InChI is InChI=1S/C26H20BrN/c27-18-12-13-24-23(15-18)21-10-5-11-22(21)26(28-24)25-19-8-3-1-6-16(19)14-17-7-2-4-9-20(17)25/h1-10,12-15,21-22,26,28H,11H2. The molecule has 4 aromatic rings. The average molecular weight is 426 g/mol. The van der Waals surface area contributed by atoms with Gasteiger partial charge in [0, 0.05) is 16.1 Å². The number of rotatable bonds is 1. The first kappa shape index (κ1) is 16.4. The fourth-order valence-corrected chi connectivity index (χ4v) is 5.61. The maximum absolute atomic E-state index is 3.94. The minimum Gasteiger partial charge on any atom is -0.378 e. The van der Waals surface area contributed by atoms with Crippen LogP contribution < -0.4 is 5.32 Å². The van der Waals surface area contributed by atoms with Gasteiger partial charge in [0.2, 0.25) is 0 Å². The van der Waals surface area contributed by atoms with Crippen LogP contribution in [0.3, 0.4) is 0 Å². The average Bonchev–Trinajstić information content (AvgIpc) is 3.22. The minimum atomic E-state index is 0.296. The first-order chi connectivity index (χ1) is 13.8. The summed E-state index contributed by atoms with van der Waals surface area (Å²) in [6.07, 6.45) is 5.90. The third-order valence-electron chi connectivity index (χ3n) is 6.45. The maximum Gasteiger partial charge on any atom is 0.0566 e. The molecule has 6 rings (SSSR count). The van der Waals surface area contributed by atoms with Crippen molar-refractivity contribution < 1.29 is 0 Å². The minimum absolute atomic E-state index is 0.296. The van der Waals surface area contributed by atoms with E-state index in [2.05, 4.69) is 106 Å². The van der Waals surface area contributed by atoms with Gasteiger partial charge >= 0.3 is 0 Å². The van der Waals surface area contributed by atoms with Crippen molar-refractivity contribution in [3.05, 3.63) is 101 Å². The Morgan fingerprint density at radius 2 is 1.54 bits per heavy atom. The summed E-state index contributed by atoms with van der Waals surface area (Å²) >= 11 is 3.66. The third-order valence-corrected chi connectivity index (χ3v) is 6.94. The Morgan fingerprint density at radius 1 is 0.821 bits per heavy atom. The molecular formula is C26H20BrN. The van der Waals surface area contributed by atoms with Crippen molar-refractivity contribution in [2.45, 2.75) is 18.4 Å². The molecule has 2 heteroatoms. The third kappa shape index (κ3) is 2.37. The van der Waals surface area contributed by atoms with E-state index in [1.165, 1.54) is 38.4 Å². The number of halogens is 1. The lowest BCUT2D eigenvalue weighted by atomic mass is 9.75. The van der Waals surface area contributed by atoms with Gasteiger partial charge in [0.05, 0.1) is 6.04 Å². The molecule has 1 aliphatic carbocycles. The van der Waals surface area contributed by atoms with Crippen LogP contribution in [0, 0.1) is 5.92 Å². The Bertz CT molecular complexity index is 1200. The normalized spacial score (nSPS) is 22.8. The van der Waals surface area contributed by atoms with Crippen molar-refractivity contribution in [1.82, 2.24) is 0 Å². The Labute approximate surface area is 173 Å². The highest BCUT2D eigenvalue weighted by atomic mass is 79.9. The van der Waals surface area contributed by atoms with Crippen LogP contribution in [0.25, 0.3) is 21.5 Å². The molecule has 3 unspecified atom stereocenters. The van der Waals surface area contributed by atoms with Gasteiger partial charge in [0.1, 0.15) is 0 Å². The number of nitrogens with one attached hydrogen (secondary N) is 1. The monoisotopic (exact) mass is 425 g/mol. The summed E-state index contributed by atoms with van der Waals surface area (Å²) in [7, 11) is 0. The van der Waals surface area contributed by atoms with Crippen LogP contribution in [-0.4, -0.2) is 0 Å².